The predicted octanol–water partition coefficient (Wildman–Crippen LogP) is 2.44. The number of aliphatic hydroxyl groups excluding tert-OH is 1. The Morgan fingerprint density at radius 1 is 1.55 bits per heavy atom. The number of carboxylic acid groups (broad SMARTS) is 1. The van der Waals surface area contributed by atoms with E-state index in [4.69, 9.17) is 10.2 Å². The molecule has 1 aliphatic rings. The fourth-order valence-corrected chi connectivity index (χ4v) is 3.61. The quantitative estimate of drug-likeness (QED) is 0.791. The molecule has 2 heterocycles. The molecule has 0 amide bonds. The molecular formula is C15H21NO3S. The summed E-state index contributed by atoms with van der Waals surface area (Å²) in [6.07, 6.45) is 6.12. The van der Waals surface area contributed by atoms with E-state index in [0.717, 1.165) is 31.6 Å². The lowest BCUT2D eigenvalue weighted by molar-refractivity contribution is -0.131. The molecule has 1 atom stereocenters. The average Bonchev–Trinajstić information content (AvgIpc) is 2.84. The summed E-state index contributed by atoms with van der Waals surface area (Å²) in [5.41, 5.74) is 1.00. The van der Waals surface area contributed by atoms with Crippen molar-refractivity contribution in [3.8, 4) is 0 Å². The largest absolute Gasteiger partial charge is 0.478 e. The number of carboxylic acids is 1. The second kappa shape index (κ2) is 7.57. The standard InChI is InChI=1S/C15H21NO3S/c17-8-5-12-2-1-7-16(10-12)11-14-13(6-9-20-14)3-4-15(18)19/h3-4,6,9,12,17H,1-2,5,7-8,10-11H2,(H,18,19)/b4-3+. The van der Waals surface area contributed by atoms with Crippen molar-refractivity contribution in [1.82, 2.24) is 4.90 Å². The van der Waals surface area contributed by atoms with Gasteiger partial charge in [-0.05, 0) is 54.8 Å². The molecule has 1 saturated heterocycles. The molecule has 20 heavy (non-hydrogen) atoms. The van der Waals surface area contributed by atoms with E-state index in [-0.39, 0.29) is 6.61 Å². The van der Waals surface area contributed by atoms with Crippen LogP contribution in [0.15, 0.2) is 17.5 Å². The number of aliphatic carboxylic acids is 1. The van der Waals surface area contributed by atoms with Gasteiger partial charge in [0.15, 0.2) is 0 Å². The van der Waals surface area contributed by atoms with E-state index < -0.39 is 5.97 Å². The summed E-state index contributed by atoms with van der Waals surface area (Å²) in [6, 6.07) is 1.97. The Bertz CT molecular complexity index is 467. The summed E-state index contributed by atoms with van der Waals surface area (Å²) in [6.45, 7) is 3.26. The molecule has 1 unspecified atom stereocenters. The highest BCUT2D eigenvalue weighted by Gasteiger charge is 2.20. The van der Waals surface area contributed by atoms with Gasteiger partial charge in [0, 0.05) is 30.6 Å². The van der Waals surface area contributed by atoms with Crippen LogP contribution in [0.5, 0.6) is 0 Å². The van der Waals surface area contributed by atoms with Crippen LogP contribution in [0.25, 0.3) is 6.08 Å². The maximum absolute atomic E-state index is 10.6. The average molecular weight is 295 g/mol. The van der Waals surface area contributed by atoms with Crippen molar-refractivity contribution in [2.75, 3.05) is 19.7 Å². The molecule has 0 bridgehead atoms. The lowest BCUT2D eigenvalue weighted by atomic mass is 9.95. The van der Waals surface area contributed by atoms with E-state index in [0.29, 0.717) is 5.92 Å². The molecular weight excluding hydrogens is 274 g/mol. The minimum Gasteiger partial charge on any atom is -0.478 e. The Labute approximate surface area is 123 Å². The maximum Gasteiger partial charge on any atom is 0.328 e. The summed E-state index contributed by atoms with van der Waals surface area (Å²) < 4.78 is 0. The van der Waals surface area contributed by atoms with Crippen molar-refractivity contribution in [2.24, 2.45) is 5.92 Å². The van der Waals surface area contributed by atoms with Gasteiger partial charge < -0.3 is 10.2 Å². The zero-order valence-electron chi connectivity index (χ0n) is 11.5. The number of thiophene rings is 1. The molecule has 4 nitrogen and oxygen atoms in total. The predicted molar refractivity (Wildman–Crippen MR) is 80.7 cm³/mol. The van der Waals surface area contributed by atoms with E-state index >= 15 is 0 Å². The minimum absolute atomic E-state index is 0.268. The number of nitrogens with zero attached hydrogens (tertiary/aromatic N) is 1. The fraction of sp³-hybridized carbons (Fsp3) is 0.533. The molecule has 2 rings (SSSR count). The van der Waals surface area contributed by atoms with Crippen molar-refractivity contribution in [3.05, 3.63) is 28.0 Å². The Morgan fingerprint density at radius 3 is 3.15 bits per heavy atom. The Balaban J connectivity index is 1.96. The van der Waals surface area contributed by atoms with Gasteiger partial charge in [0.2, 0.25) is 0 Å². The number of rotatable bonds is 6. The highest BCUT2D eigenvalue weighted by Crippen LogP contribution is 2.25. The Hall–Kier alpha value is -1.17. The Morgan fingerprint density at radius 2 is 2.40 bits per heavy atom. The fourth-order valence-electron chi connectivity index (χ4n) is 2.70. The first kappa shape index (κ1) is 15.2. The molecule has 2 N–H and O–H groups in total. The number of carbonyl (C=O) groups is 1. The summed E-state index contributed by atoms with van der Waals surface area (Å²) >= 11 is 1.67. The SMILES string of the molecule is O=C(O)/C=C/c1ccsc1CN1CCCC(CCO)C1. The molecule has 0 radical (unpaired) electrons. The number of hydrogen-bond donors (Lipinski definition) is 2. The molecule has 1 fully saturated rings. The lowest BCUT2D eigenvalue weighted by Crippen LogP contribution is -2.35. The van der Waals surface area contributed by atoms with Gasteiger partial charge in [-0.2, -0.15) is 0 Å². The summed E-state index contributed by atoms with van der Waals surface area (Å²) in [7, 11) is 0. The van der Waals surface area contributed by atoms with Gasteiger partial charge in [-0.3, -0.25) is 4.90 Å². The van der Waals surface area contributed by atoms with Gasteiger partial charge in [0.25, 0.3) is 0 Å². The third kappa shape index (κ3) is 4.44. The van der Waals surface area contributed by atoms with Crippen LogP contribution in [0, 0.1) is 5.92 Å². The first-order valence-electron chi connectivity index (χ1n) is 6.99. The third-order valence-corrected chi connectivity index (χ3v) is 4.61. The van der Waals surface area contributed by atoms with Crippen LogP contribution in [0.2, 0.25) is 0 Å². The first-order chi connectivity index (χ1) is 9.69. The number of aliphatic hydroxyl groups is 1. The van der Waals surface area contributed by atoms with Crippen LogP contribution < -0.4 is 0 Å². The minimum atomic E-state index is -0.914. The molecule has 0 aromatic carbocycles. The van der Waals surface area contributed by atoms with Crippen molar-refractivity contribution in [2.45, 2.75) is 25.8 Å². The topological polar surface area (TPSA) is 60.8 Å². The Kier molecular flexibility index (Phi) is 5.76. The smallest absolute Gasteiger partial charge is 0.328 e. The van der Waals surface area contributed by atoms with Crippen molar-refractivity contribution < 1.29 is 15.0 Å². The normalized spacial score (nSPS) is 20.6. The zero-order chi connectivity index (χ0) is 14.4. The van der Waals surface area contributed by atoms with E-state index in [2.05, 4.69) is 4.90 Å². The second-order valence-electron chi connectivity index (χ2n) is 5.23. The van der Waals surface area contributed by atoms with Gasteiger partial charge in [-0.1, -0.05) is 0 Å². The van der Waals surface area contributed by atoms with Crippen LogP contribution in [-0.2, 0) is 11.3 Å². The second-order valence-corrected chi connectivity index (χ2v) is 6.23. The zero-order valence-corrected chi connectivity index (χ0v) is 12.3. The first-order valence-corrected chi connectivity index (χ1v) is 7.87. The van der Waals surface area contributed by atoms with Gasteiger partial charge >= 0.3 is 5.97 Å². The van der Waals surface area contributed by atoms with Gasteiger partial charge in [-0.25, -0.2) is 4.79 Å². The van der Waals surface area contributed by atoms with Gasteiger partial charge in [0.05, 0.1) is 0 Å². The summed E-state index contributed by atoms with van der Waals surface area (Å²) in [5.74, 6) is -0.324. The molecule has 110 valence electrons. The summed E-state index contributed by atoms with van der Waals surface area (Å²) in [5, 5.41) is 19.8. The summed E-state index contributed by atoms with van der Waals surface area (Å²) in [4.78, 5) is 14.2. The number of piperidine rings is 1. The number of likely N-dealkylation sites (tertiary alicyclic amines) is 1. The van der Waals surface area contributed by atoms with E-state index in [1.54, 1.807) is 17.4 Å². The van der Waals surface area contributed by atoms with E-state index in [1.165, 1.54) is 23.8 Å². The third-order valence-electron chi connectivity index (χ3n) is 3.69. The monoisotopic (exact) mass is 295 g/mol. The maximum atomic E-state index is 10.6. The van der Waals surface area contributed by atoms with Gasteiger partial charge in [0.1, 0.15) is 0 Å². The molecule has 1 aromatic heterocycles. The van der Waals surface area contributed by atoms with Crippen LogP contribution in [0.4, 0.5) is 0 Å². The molecule has 1 aliphatic heterocycles. The van der Waals surface area contributed by atoms with Crippen LogP contribution in [0.1, 0.15) is 29.7 Å². The van der Waals surface area contributed by atoms with E-state index in [9.17, 15) is 4.79 Å². The van der Waals surface area contributed by atoms with Crippen LogP contribution >= 0.6 is 11.3 Å². The van der Waals surface area contributed by atoms with Crippen LogP contribution in [-0.4, -0.2) is 40.8 Å². The highest BCUT2D eigenvalue weighted by atomic mass is 32.1. The van der Waals surface area contributed by atoms with Crippen molar-refractivity contribution >= 4 is 23.4 Å². The highest BCUT2D eigenvalue weighted by molar-refractivity contribution is 7.10. The molecule has 0 saturated carbocycles. The van der Waals surface area contributed by atoms with Crippen molar-refractivity contribution in [1.29, 1.82) is 0 Å². The van der Waals surface area contributed by atoms with Gasteiger partial charge in [-0.15, -0.1) is 11.3 Å². The lowest BCUT2D eigenvalue weighted by Gasteiger charge is -2.32. The molecule has 1 aromatic rings. The van der Waals surface area contributed by atoms with Crippen molar-refractivity contribution in [3.63, 3.8) is 0 Å². The molecule has 0 spiro atoms. The van der Waals surface area contributed by atoms with E-state index in [1.807, 2.05) is 11.4 Å². The molecule has 0 aliphatic carbocycles. The molecule has 5 heteroatoms. The number of hydrogen-bond acceptors (Lipinski definition) is 4. The van der Waals surface area contributed by atoms with Crippen LogP contribution in [0.3, 0.4) is 0 Å².